The molecule has 1 fully saturated rings. The zero-order valence-corrected chi connectivity index (χ0v) is 18.5. The molecule has 2 aromatic heterocycles. The van der Waals surface area contributed by atoms with Gasteiger partial charge in [0.05, 0.1) is 5.39 Å². The second-order valence-corrected chi connectivity index (χ2v) is 9.88. The van der Waals surface area contributed by atoms with E-state index in [0.717, 1.165) is 60.7 Å². The van der Waals surface area contributed by atoms with E-state index in [4.69, 9.17) is 4.98 Å². The van der Waals surface area contributed by atoms with Crippen LogP contribution in [0.2, 0.25) is 0 Å². The van der Waals surface area contributed by atoms with Crippen LogP contribution in [-0.2, 0) is 24.2 Å². The molecule has 0 aliphatic heterocycles. The first-order chi connectivity index (χ1) is 14.6. The fourth-order valence-electron chi connectivity index (χ4n) is 4.17. The van der Waals surface area contributed by atoms with Crippen LogP contribution in [0, 0.1) is 0 Å². The number of hydrogen-bond acceptors (Lipinski definition) is 6. The van der Waals surface area contributed by atoms with Crippen molar-refractivity contribution in [1.29, 1.82) is 0 Å². The highest BCUT2D eigenvalue weighted by Gasteiger charge is 2.23. The van der Waals surface area contributed by atoms with Gasteiger partial charge in [0.15, 0.2) is 5.16 Å². The van der Waals surface area contributed by atoms with Crippen molar-refractivity contribution in [2.45, 2.75) is 69.1 Å². The molecule has 0 aromatic carbocycles. The molecular weight excluding hydrogens is 420 g/mol. The predicted octanol–water partition coefficient (Wildman–Crippen LogP) is 3.38. The second kappa shape index (κ2) is 9.34. The molecule has 2 aliphatic rings. The minimum Gasteiger partial charge on any atom is -0.335 e. The lowest BCUT2D eigenvalue weighted by Crippen LogP contribution is -2.43. The maximum Gasteiger partial charge on any atom is 0.321 e. The minimum atomic E-state index is -0.423. The zero-order valence-electron chi connectivity index (χ0n) is 16.9. The van der Waals surface area contributed by atoms with Crippen LogP contribution in [-0.4, -0.2) is 33.3 Å². The van der Waals surface area contributed by atoms with Crippen molar-refractivity contribution in [2.24, 2.45) is 0 Å². The van der Waals surface area contributed by atoms with Gasteiger partial charge < -0.3 is 5.32 Å². The normalized spacial score (nSPS) is 16.0. The summed E-state index contributed by atoms with van der Waals surface area (Å²) >= 11 is 2.97. The molecule has 2 aliphatic carbocycles. The Morgan fingerprint density at radius 1 is 1.27 bits per heavy atom. The summed E-state index contributed by atoms with van der Waals surface area (Å²) < 4.78 is 1.63. The van der Waals surface area contributed by atoms with Crippen LogP contribution in [0.5, 0.6) is 0 Å². The van der Waals surface area contributed by atoms with Crippen molar-refractivity contribution in [3.8, 4) is 0 Å². The number of rotatable bonds is 7. The van der Waals surface area contributed by atoms with E-state index in [-0.39, 0.29) is 23.9 Å². The number of allylic oxidation sites excluding steroid dienone is 1. The van der Waals surface area contributed by atoms with Gasteiger partial charge in [-0.3, -0.25) is 19.5 Å². The highest BCUT2D eigenvalue weighted by Crippen LogP contribution is 2.35. The van der Waals surface area contributed by atoms with Crippen LogP contribution < -0.4 is 16.2 Å². The van der Waals surface area contributed by atoms with Crippen molar-refractivity contribution in [1.82, 2.24) is 20.2 Å². The number of amides is 3. The number of urea groups is 1. The van der Waals surface area contributed by atoms with Gasteiger partial charge in [-0.25, -0.2) is 9.78 Å². The molecule has 0 spiro atoms. The third kappa shape index (κ3) is 4.46. The third-order valence-electron chi connectivity index (χ3n) is 5.61. The monoisotopic (exact) mass is 446 g/mol. The summed E-state index contributed by atoms with van der Waals surface area (Å²) in [5, 5.41) is 6.58. The van der Waals surface area contributed by atoms with Gasteiger partial charge in [0, 0.05) is 29.6 Å². The van der Waals surface area contributed by atoms with Gasteiger partial charge in [-0.2, -0.15) is 0 Å². The van der Waals surface area contributed by atoms with Gasteiger partial charge in [0.2, 0.25) is 5.91 Å². The Hall–Kier alpha value is -2.13. The van der Waals surface area contributed by atoms with E-state index in [0.29, 0.717) is 17.5 Å². The number of nitrogens with zero attached hydrogens (tertiary/aromatic N) is 2. The number of thioether (sulfide) groups is 1. The minimum absolute atomic E-state index is 0.0257. The van der Waals surface area contributed by atoms with Crippen molar-refractivity contribution < 1.29 is 9.59 Å². The standard InChI is InChI=1S/C21H26N4O3S2/c1-2-11-25-19(27)17-14-8-5-9-15(14)30-18(17)24-21(25)29-12-10-16(26)23-20(28)22-13-6-3-4-7-13/h2,13H,1,3-12H2,(H2,22,23,26,28). The molecule has 0 atom stereocenters. The molecule has 2 N–H and O–H groups in total. The summed E-state index contributed by atoms with van der Waals surface area (Å²) in [5.41, 5.74) is 1.14. The van der Waals surface area contributed by atoms with E-state index >= 15 is 0 Å². The van der Waals surface area contributed by atoms with Crippen LogP contribution in [0.3, 0.4) is 0 Å². The maximum absolute atomic E-state index is 13.1. The van der Waals surface area contributed by atoms with Crippen LogP contribution in [0.25, 0.3) is 10.2 Å². The lowest BCUT2D eigenvalue weighted by Gasteiger charge is -2.12. The number of nitrogens with one attached hydrogen (secondary N) is 2. The average molecular weight is 447 g/mol. The summed E-state index contributed by atoms with van der Waals surface area (Å²) in [6, 6.07) is -0.253. The Morgan fingerprint density at radius 2 is 2.07 bits per heavy atom. The van der Waals surface area contributed by atoms with Gasteiger partial charge in [-0.1, -0.05) is 30.7 Å². The molecule has 30 heavy (non-hydrogen) atoms. The molecule has 0 saturated heterocycles. The first-order valence-corrected chi connectivity index (χ1v) is 12.3. The number of aromatic nitrogens is 2. The van der Waals surface area contributed by atoms with Crippen LogP contribution >= 0.6 is 23.1 Å². The molecule has 0 bridgehead atoms. The van der Waals surface area contributed by atoms with E-state index in [9.17, 15) is 14.4 Å². The van der Waals surface area contributed by atoms with Gasteiger partial charge in [0.1, 0.15) is 4.83 Å². The number of hydrogen-bond donors (Lipinski definition) is 2. The van der Waals surface area contributed by atoms with Gasteiger partial charge in [0.25, 0.3) is 5.56 Å². The molecule has 2 heterocycles. The fourth-order valence-corrected chi connectivity index (χ4v) is 6.42. The van der Waals surface area contributed by atoms with Crippen molar-refractivity contribution in [2.75, 3.05) is 5.75 Å². The number of carbonyl (C=O) groups excluding carboxylic acids is 2. The predicted molar refractivity (Wildman–Crippen MR) is 120 cm³/mol. The number of thiophene rings is 1. The Kier molecular flexibility index (Phi) is 6.58. The lowest BCUT2D eigenvalue weighted by atomic mass is 10.2. The number of aryl methyl sites for hydroxylation is 2. The smallest absolute Gasteiger partial charge is 0.321 e. The van der Waals surface area contributed by atoms with Gasteiger partial charge in [-0.05, 0) is 37.7 Å². The van der Waals surface area contributed by atoms with Crippen LogP contribution in [0.4, 0.5) is 4.79 Å². The summed E-state index contributed by atoms with van der Waals surface area (Å²) in [6.45, 7) is 4.14. The van der Waals surface area contributed by atoms with Gasteiger partial charge in [-0.15, -0.1) is 17.9 Å². The van der Waals surface area contributed by atoms with E-state index in [2.05, 4.69) is 17.2 Å². The van der Waals surface area contributed by atoms with Gasteiger partial charge >= 0.3 is 6.03 Å². The highest BCUT2D eigenvalue weighted by atomic mass is 32.2. The van der Waals surface area contributed by atoms with E-state index in [1.807, 2.05) is 0 Å². The van der Waals surface area contributed by atoms with E-state index in [1.54, 1.807) is 22.0 Å². The van der Waals surface area contributed by atoms with E-state index in [1.165, 1.54) is 16.6 Å². The van der Waals surface area contributed by atoms with E-state index < -0.39 is 6.03 Å². The Balaban J connectivity index is 1.40. The Bertz CT molecular complexity index is 1040. The molecule has 160 valence electrons. The molecule has 1 saturated carbocycles. The number of fused-ring (bicyclic) bond motifs is 3. The highest BCUT2D eigenvalue weighted by molar-refractivity contribution is 7.99. The molecule has 9 heteroatoms. The largest absolute Gasteiger partial charge is 0.335 e. The van der Waals surface area contributed by atoms with Crippen LogP contribution in [0.1, 0.15) is 49.0 Å². The summed E-state index contributed by atoms with van der Waals surface area (Å²) in [7, 11) is 0. The van der Waals surface area contributed by atoms with Crippen molar-refractivity contribution >= 4 is 45.3 Å². The Morgan fingerprint density at radius 3 is 2.83 bits per heavy atom. The number of imide groups is 1. The molecule has 3 amide bonds. The summed E-state index contributed by atoms with van der Waals surface area (Å²) in [5.74, 6) is 0.106. The zero-order chi connectivity index (χ0) is 21.1. The molecule has 0 radical (unpaired) electrons. The molecule has 4 rings (SSSR count). The van der Waals surface area contributed by atoms with Crippen LogP contribution in [0.15, 0.2) is 22.6 Å². The third-order valence-corrected chi connectivity index (χ3v) is 7.77. The average Bonchev–Trinajstić information content (AvgIpc) is 3.42. The molecule has 7 nitrogen and oxygen atoms in total. The first kappa shape index (κ1) is 21.1. The van der Waals surface area contributed by atoms with Crippen molar-refractivity contribution in [3.63, 3.8) is 0 Å². The summed E-state index contributed by atoms with van der Waals surface area (Å²) in [4.78, 5) is 43.9. The topological polar surface area (TPSA) is 93.1 Å². The number of carbonyl (C=O) groups is 2. The SMILES string of the molecule is C=CCn1c(SCCC(=O)NC(=O)NC2CCCC2)nc2sc3c(c2c1=O)CCC3. The first-order valence-electron chi connectivity index (χ1n) is 10.5. The second-order valence-electron chi connectivity index (χ2n) is 7.74. The Labute approximate surface area is 183 Å². The molecular formula is C21H26N4O3S2. The lowest BCUT2D eigenvalue weighted by molar-refractivity contribution is -0.119. The molecule has 2 aromatic rings. The fraction of sp³-hybridized carbons (Fsp3) is 0.524. The quantitative estimate of drug-likeness (QED) is 0.386. The maximum atomic E-state index is 13.1. The van der Waals surface area contributed by atoms with Crippen molar-refractivity contribution in [3.05, 3.63) is 33.4 Å². The molecule has 0 unspecified atom stereocenters. The summed E-state index contributed by atoms with van der Waals surface area (Å²) in [6.07, 6.45) is 9.09.